The maximum absolute atomic E-state index is 13.4. The molecule has 0 aliphatic carbocycles. The fraction of sp³-hybridized carbons (Fsp3) is 0.200. The summed E-state index contributed by atoms with van der Waals surface area (Å²) in [7, 11) is 1.57. The number of rotatable bonds is 5. The van der Waals surface area contributed by atoms with Gasteiger partial charge in [-0.05, 0) is 36.9 Å². The van der Waals surface area contributed by atoms with Crippen LogP contribution in [0.4, 0.5) is 11.6 Å². The molecule has 0 radical (unpaired) electrons. The van der Waals surface area contributed by atoms with Crippen molar-refractivity contribution in [2.24, 2.45) is 0 Å². The van der Waals surface area contributed by atoms with E-state index in [2.05, 4.69) is 25.7 Å². The molecule has 8 nitrogen and oxygen atoms in total. The summed E-state index contributed by atoms with van der Waals surface area (Å²) in [6.07, 6.45) is 5.35. The number of amides is 1. The Morgan fingerprint density at radius 3 is 2.83 bits per heavy atom. The molecule has 1 aliphatic rings. The number of para-hydroxylation sites is 2. The zero-order chi connectivity index (χ0) is 20.4. The molecule has 4 rings (SSSR count). The summed E-state index contributed by atoms with van der Waals surface area (Å²) < 4.78 is 7.09. The largest absolute Gasteiger partial charge is 0.495 e. The first-order chi connectivity index (χ1) is 14.1. The Kier molecular flexibility index (Phi) is 5.22. The van der Waals surface area contributed by atoms with Gasteiger partial charge in [0.1, 0.15) is 11.8 Å². The summed E-state index contributed by atoms with van der Waals surface area (Å²) in [6.45, 7) is 1.86. The number of ether oxygens (including phenoxy) is 1. The number of methoxy groups -OCH3 is 1. The molecule has 3 heterocycles. The van der Waals surface area contributed by atoms with Gasteiger partial charge in [-0.15, -0.1) is 5.10 Å². The van der Waals surface area contributed by atoms with Crippen LogP contribution in [0.2, 0.25) is 0 Å². The molecule has 9 heteroatoms. The number of anilines is 2. The van der Waals surface area contributed by atoms with Gasteiger partial charge in [0.25, 0.3) is 5.91 Å². The van der Waals surface area contributed by atoms with Crippen LogP contribution in [0.5, 0.6) is 5.75 Å². The highest BCUT2D eigenvalue weighted by atomic mass is 32.2. The summed E-state index contributed by atoms with van der Waals surface area (Å²) in [5, 5.41) is 11.4. The van der Waals surface area contributed by atoms with E-state index in [1.807, 2.05) is 37.4 Å². The predicted octanol–water partition coefficient (Wildman–Crippen LogP) is 3.33. The molecule has 2 N–H and O–H groups in total. The van der Waals surface area contributed by atoms with Gasteiger partial charge in [-0.3, -0.25) is 9.78 Å². The van der Waals surface area contributed by atoms with Crippen molar-refractivity contribution in [2.45, 2.75) is 18.1 Å². The van der Waals surface area contributed by atoms with Crippen molar-refractivity contribution in [3.63, 3.8) is 0 Å². The van der Waals surface area contributed by atoms with Crippen LogP contribution >= 0.6 is 11.8 Å². The number of carbonyl (C=O) groups excluding carboxylic acids is 1. The van der Waals surface area contributed by atoms with Crippen molar-refractivity contribution in [2.75, 3.05) is 24.0 Å². The molecule has 1 aliphatic heterocycles. The second-order valence-electron chi connectivity index (χ2n) is 6.37. The van der Waals surface area contributed by atoms with Crippen LogP contribution in [0.25, 0.3) is 0 Å². The van der Waals surface area contributed by atoms with Gasteiger partial charge < -0.3 is 15.4 Å². The first-order valence-electron chi connectivity index (χ1n) is 8.95. The number of hydrogen-bond donors (Lipinski definition) is 2. The van der Waals surface area contributed by atoms with Crippen molar-refractivity contribution < 1.29 is 9.53 Å². The van der Waals surface area contributed by atoms with Crippen LogP contribution in [0.3, 0.4) is 0 Å². The molecule has 29 heavy (non-hydrogen) atoms. The lowest BCUT2D eigenvalue weighted by Gasteiger charge is -2.28. The fourth-order valence-electron chi connectivity index (χ4n) is 3.30. The number of pyridine rings is 1. The molecule has 0 unspecified atom stereocenters. The quantitative estimate of drug-likeness (QED) is 0.626. The number of aromatic nitrogens is 4. The van der Waals surface area contributed by atoms with Gasteiger partial charge in [0.2, 0.25) is 11.1 Å². The van der Waals surface area contributed by atoms with Crippen molar-refractivity contribution >= 4 is 29.3 Å². The van der Waals surface area contributed by atoms with Crippen molar-refractivity contribution in [1.82, 2.24) is 19.7 Å². The van der Waals surface area contributed by atoms with Crippen LogP contribution in [-0.2, 0) is 4.79 Å². The Labute approximate surface area is 172 Å². The number of thioether (sulfide) groups is 1. The van der Waals surface area contributed by atoms with Crippen molar-refractivity contribution in [3.05, 3.63) is 65.6 Å². The molecule has 1 amide bonds. The lowest BCUT2D eigenvalue weighted by molar-refractivity contribution is -0.113. The van der Waals surface area contributed by atoms with E-state index in [-0.39, 0.29) is 5.91 Å². The van der Waals surface area contributed by atoms with E-state index in [1.165, 1.54) is 11.8 Å². The maximum atomic E-state index is 13.4. The van der Waals surface area contributed by atoms with E-state index in [9.17, 15) is 4.79 Å². The number of nitrogens with zero attached hydrogens (tertiary/aromatic N) is 4. The Balaban J connectivity index is 1.78. The predicted molar refractivity (Wildman–Crippen MR) is 112 cm³/mol. The lowest BCUT2D eigenvalue weighted by Crippen LogP contribution is -2.31. The third-order valence-electron chi connectivity index (χ3n) is 4.62. The Bertz CT molecular complexity index is 1080. The van der Waals surface area contributed by atoms with E-state index in [4.69, 9.17) is 4.74 Å². The minimum atomic E-state index is -0.456. The fourth-order valence-corrected chi connectivity index (χ4v) is 3.64. The Hall–Kier alpha value is -3.33. The number of fused-ring (bicyclic) bond motifs is 1. The van der Waals surface area contributed by atoms with E-state index < -0.39 is 6.04 Å². The average Bonchev–Trinajstić information content (AvgIpc) is 3.16. The summed E-state index contributed by atoms with van der Waals surface area (Å²) >= 11 is 1.44. The molecule has 0 bridgehead atoms. The lowest BCUT2D eigenvalue weighted by atomic mass is 9.96. The smallest absolute Gasteiger partial charge is 0.255 e. The summed E-state index contributed by atoms with van der Waals surface area (Å²) in [6, 6.07) is 10.6. The van der Waals surface area contributed by atoms with Crippen LogP contribution < -0.4 is 15.4 Å². The maximum Gasteiger partial charge on any atom is 0.255 e. The molecule has 0 spiro atoms. The van der Waals surface area contributed by atoms with Gasteiger partial charge in [-0.1, -0.05) is 30.0 Å². The first-order valence-corrected chi connectivity index (χ1v) is 10.2. The number of nitrogens with one attached hydrogen (secondary N) is 2. The second-order valence-corrected chi connectivity index (χ2v) is 7.15. The molecule has 0 saturated carbocycles. The molecule has 2 aromatic heterocycles. The van der Waals surface area contributed by atoms with Gasteiger partial charge in [0.15, 0.2) is 0 Å². The van der Waals surface area contributed by atoms with Gasteiger partial charge in [-0.2, -0.15) is 4.98 Å². The second kappa shape index (κ2) is 7.96. The standard InChI is InChI=1S/C20H20N6O2S/c1-12-16(18(27)23-14-8-4-5-9-15(14)28-2)17(13-7-6-10-21-11-13)26-19(22-12)24-20(25-26)29-3/h4-11,17H,1-3H3,(H,23,27)(H,22,24,25)/t17-/m1/s1. The average molecular weight is 408 g/mol. The Morgan fingerprint density at radius 1 is 1.28 bits per heavy atom. The Morgan fingerprint density at radius 2 is 2.10 bits per heavy atom. The molecule has 0 saturated heterocycles. The first kappa shape index (κ1) is 19.0. The molecule has 0 fully saturated rings. The molecular weight excluding hydrogens is 388 g/mol. The molecule has 1 atom stereocenters. The number of benzene rings is 1. The van der Waals surface area contributed by atoms with Crippen LogP contribution in [0, 0.1) is 0 Å². The summed E-state index contributed by atoms with van der Waals surface area (Å²) in [5.41, 5.74) is 2.68. The molecule has 1 aromatic carbocycles. The number of hydrogen-bond acceptors (Lipinski definition) is 7. The molecule has 148 valence electrons. The van der Waals surface area contributed by atoms with Crippen LogP contribution in [0.1, 0.15) is 18.5 Å². The zero-order valence-corrected chi connectivity index (χ0v) is 17.0. The minimum absolute atomic E-state index is 0.250. The monoisotopic (exact) mass is 408 g/mol. The van der Waals surface area contributed by atoms with E-state index in [0.29, 0.717) is 33.8 Å². The minimum Gasteiger partial charge on any atom is -0.495 e. The highest BCUT2D eigenvalue weighted by molar-refractivity contribution is 7.98. The summed E-state index contributed by atoms with van der Waals surface area (Å²) in [4.78, 5) is 22.1. The number of carbonyl (C=O) groups is 1. The van der Waals surface area contributed by atoms with Gasteiger partial charge >= 0.3 is 0 Å². The molecular formula is C20H20N6O2S. The topological polar surface area (TPSA) is 94.0 Å². The van der Waals surface area contributed by atoms with Gasteiger partial charge in [0.05, 0.1) is 18.4 Å². The van der Waals surface area contributed by atoms with Crippen molar-refractivity contribution in [3.8, 4) is 5.75 Å². The van der Waals surface area contributed by atoms with Crippen LogP contribution in [-0.4, -0.2) is 39.0 Å². The SMILES string of the molecule is COc1ccccc1NC(=O)C1=C(C)Nc2nc(SC)nn2[C@@H]1c1cccnc1. The van der Waals surface area contributed by atoms with E-state index in [0.717, 1.165) is 5.56 Å². The summed E-state index contributed by atoms with van der Waals surface area (Å²) in [5.74, 6) is 0.932. The third kappa shape index (κ3) is 3.56. The van der Waals surface area contributed by atoms with Crippen molar-refractivity contribution in [1.29, 1.82) is 0 Å². The third-order valence-corrected chi connectivity index (χ3v) is 5.15. The highest BCUT2D eigenvalue weighted by Gasteiger charge is 2.34. The van der Waals surface area contributed by atoms with Gasteiger partial charge in [0, 0.05) is 18.1 Å². The highest BCUT2D eigenvalue weighted by Crippen LogP contribution is 2.36. The van der Waals surface area contributed by atoms with Crippen LogP contribution in [0.15, 0.2) is 65.2 Å². The van der Waals surface area contributed by atoms with E-state index in [1.54, 1.807) is 36.3 Å². The number of allylic oxidation sites excluding steroid dienone is 1. The van der Waals surface area contributed by atoms with Gasteiger partial charge in [-0.25, -0.2) is 4.68 Å². The molecule has 3 aromatic rings. The zero-order valence-electron chi connectivity index (χ0n) is 16.2. The van der Waals surface area contributed by atoms with E-state index >= 15 is 0 Å². The normalized spacial score (nSPS) is 15.5.